The lowest BCUT2D eigenvalue weighted by molar-refractivity contribution is 0.0406. The number of hydrogen-bond acceptors (Lipinski definition) is 1. The Morgan fingerprint density at radius 1 is 1.45 bits per heavy atom. The van der Waals surface area contributed by atoms with E-state index in [1.54, 1.807) is 0 Å². The van der Waals surface area contributed by atoms with Gasteiger partial charge in [-0.25, -0.2) is 0 Å². The van der Waals surface area contributed by atoms with Crippen LogP contribution in [0.15, 0.2) is 12.7 Å². The van der Waals surface area contributed by atoms with Crippen LogP contribution in [0.2, 0.25) is 0 Å². The summed E-state index contributed by atoms with van der Waals surface area (Å²) in [6.07, 6.45) is 5.56. The summed E-state index contributed by atoms with van der Waals surface area (Å²) >= 11 is 0. The van der Waals surface area contributed by atoms with Gasteiger partial charge in [0.15, 0.2) is 0 Å². The van der Waals surface area contributed by atoms with Crippen LogP contribution in [-0.4, -0.2) is 10.7 Å². The minimum absolute atomic E-state index is 0.331. The van der Waals surface area contributed by atoms with Crippen LogP contribution in [0.4, 0.5) is 0 Å². The van der Waals surface area contributed by atoms with Gasteiger partial charge in [-0.2, -0.15) is 0 Å². The molecular formula is C10H18O. The highest BCUT2D eigenvalue weighted by Crippen LogP contribution is 2.45. The first-order chi connectivity index (χ1) is 4.97. The highest BCUT2D eigenvalue weighted by Gasteiger charge is 2.40. The van der Waals surface area contributed by atoms with Crippen LogP contribution in [0.25, 0.3) is 0 Å². The third-order valence-corrected chi connectivity index (χ3v) is 2.60. The maximum absolute atomic E-state index is 9.96. The first kappa shape index (κ1) is 8.79. The Bertz CT molecular complexity index is 160. The summed E-state index contributed by atoms with van der Waals surface area (Å²) in [4.78, 5) is 0. The van der Waals surface area contributed by atoms with Crippen LogP contribution in [0.5, 0.6) is 0 Å². The summed E-state index contributed by atoms with van der Waals surface area (Å²) in [7, 11) is 0. The van der Waals surface area contributed by atoms with E-state index in [2.05, 4.69) is 20.4 Å². The average Bonchev–Trinajstić information content (AvgIpc) is 2.07. The maximum Gasteiger partial charge on any atom is 0.0687 e. The van der Waals surface area contributed by atoms with Crippen molar-refractivity contribution in [3.05, 3.63) is 12.7 Å². The number of rotatable bonds is 2. The summed E-state index contributed by atoms with van der Waals surface area (Å²) in [5.74, 6) is 0. The van der Waals surface area contributed by atoms with Crippen molar-refractivity contribution in [1.82, 2.24) is 0 Å². The number of hydrogen-bond donors (Lipinski definition) is 1. The van der Waals surface area contributed by atoms with Crippen molar-refractivity contribution in [3.63, 3.8) is 0 Å². The van der Waals surface area contributed by atoms with Crippen molar-refractivity contribution in [3.8, 4) is 0 Å². The highest BCUT2D eigenvalue weighted by molar-refractivity contribution is 4.97. The summed E-state index contributed by atoms with van der Waals surface area (Å²) < 4.78 is 0. The maximum atomic E-state index is 9.96. The van der Waals surface area contributed by atoms with E-state index in [1.807, 2.05) is 6.08 Å². The fraction of sp³-hybridized carbons (Fsp3) is 0.800. The molecule has 0 aromatic carbocycles. The standard InChI is InChI=1S/C10H18O/c1-4-5-10(11)7-6-9(2,3)8-10/h4,11H,1,5-8H2,2-3H3. The van der Waals surface area contributed by atoms with E-state index in [9.17, 15) is 5.11 Å². The first-order valence-corrected chi connectivity index (χ1v) is 4.31. The molecule has 0 heterocycles. The molecule has 1 aliphatic carbocycles. The van der Waals surface area contributed by atoms with Crippen LogP contribution in [0.3, 0.4) is 0 Å². The zero-order chi connectivity index (χ0) is 8.54. The Morgan fingerprint density at radius 3 is 2.45 bits per heavy atom. The van der Waals surface area contributed by atoms with Gasteiger partial charge in [0.05, 0.1) is 5.60 Å². The van der Waals surface area contributed by atoms with Gasteiger partial charge in [0, 0.05) is 0 Å². The summed E-state index contributed by atoms with van der Waals surface area (Å²) in [5, 5.41) is 9.96. The van der Waals surface area contributed by atoms with Gasteiger partial charge in [-0.1, -0.05) is 19.9 Å². The second-order valence-electron chi connectivity index (χ2n) is 4.56. The lowest BCUT2D eigenvalue weighted by Crippen LogP contribution is -2.24. The summed E-state index contributed by atoms with van der Waals surface area (Å²) in [6, 6.07) is 0. The molecule has 1 nitrogen and oxygen atoms in total. The molecule has 1 atom stereocenters. The van der Waals surface area contributed by atoms with Crippen LogP contribution in [0.1, 0.15) is 39.5 Å². The van der Waals surface area contributed by atoms with E-state index >= 15 is 0 Å². The lowest BCUT2D eigenvalue weighted by atomic mass is 9.88. The topological polar surface area (TPSA) is 20.2 Å². The molecule has 0 bridgehead atoms. The van der Waals surface area contributed by atoms with Crippen LogP contribution < -0.4 is 0 Å². The Balaban J connectivity index is 2.57. The Hall–Kier alpha value is -0.300. The molecule has 0 aromatic heterocycles. The van der Waals surface area contributed by atoms with Gasteiger partial charge in [-0.15, -0.1) is 6.58 Å². The predicted octanol–water partition coefficient (Wildman–Crippen LogP) is 2.50. The third kappa shape index (κ3) is 2.06. The molecule has 1 rings (SSSR count). The molecule has 0 aromatic rings. The summed E-state index contributed by atoms with van der Waals surface area (Å²) in [5.41, 5.74) is -0.108. The Labute approximate surface area is 69.1 Å². The highest BCUT2D eigenvalue weighted by atomic mass is 16.3. The van der Waals surface area contributed by atoms with Crippen molar-refractivity contribution in [2.75, 3.05) is 0 Å². The van der Waals surface area contributed by atoms with Gasteiger partial charge >= 0.3 is 0 Å². The molecule has 1 fully saturated rings. The second-order valence-corrected chi connectivity index (χ2v) is 4.56. The quantitative estimate of drug-likeness (QED) is 0.606. The molecule has 0 aliphatic heterocycles. The summed E-state index contributed by atoms with van der Waals surface area (Å²) in [6.45, 7) is 8.09. The molecule has 64 valence electrons. The van der Waals surface area contributed by atoms with Crippen molar-refractivity contribution < 1.29 is 5.11 Å². The fourth-order valence-electron chi connectivity index (χ4n) is 2.08. The van der Waals surface area contributed by atoms with Crippen molar-refractivity contribution in [1.29, 1.82) is 0 Å². The first-order valence-electron chi connectivity index (χ1n) is 4.31. The molecule has 1 N–H and O–H groups in total. The molecule has 1 aliphatic rings. The third-order valence-electron chi connectivity index (χ3n) is 2.60. The van der Waals surface area contributed by atoms with Gasteiger partial charge in [-0.05, 0) is 31.1 Å². The van der Waals surface area contributed by atoms with E-state index < -0.39 is 5.60 Å². The largest absolute Gasteiger partial charge is 0.390 e. The van der Waals surface area contributed by atoms with Crippen molar-refractivity contribution in [2.45, 2.75) is 45.1 Å². The SMILES string of the molecule is C=CCC1(O)CCC(C)(C)C1. The van der Waals surface area contributed by atoms with Crippen LogP contribution in [0, 0.1) is 5.41 Å². The molecule has 0 spiro atoms. The monoisotopic (exact) mass is 154 g/mol. The van der Waals surface area contributed by atoms with Crippen LogP contribution in [-0.2, 0) is 0 Å². The van der Waals surface area contributed by atoms with Gasteiger partial charge in [0.25, 0.3) is 0 Å². The molecule has 0 radical (unpaired) electrons. The molecular weight excluding hydrogens is 136 g/mol. The van der Waals surface area contributed by atoms with E-state index in [-0.39, 0.29) is 0 Å². The van der Waals surface area contributed by atoms with Gasteiger partial charge in [-0.3, -0.25) is 0 Å². The molecule has 0 saturated heterocycles. The zero-order valence-corrected chi connectivity index (χ0v) is 7.56. The Morgan fingerprint density at radius 2 is 2.09 bits per heavy atom. The second kappa shape index (κ2) is 2.63. The molecule has 1 saturated carbocycles. The molecule has 1 unspecified atom stereocenters. The fourth-order valence-corrected chi connectivity index (χ4v) is 2.08. The molecule has 11 heavy (non-hydrogen) atoms. The zero-order valence-electron chi connectivity index (χ0n) is 7.56. The smallest absolute Gasteiger partial charge is 0.0687 e. The van der Waals surface area contributed by atoms with Crippen LogP contribution >= 0.6 is 0 Å². The molecule has 1 heteroatoms. The van der Waals surface area contributed by atoms with Crippen molar-refractivity contribution >= 4 is 0 Å². The van der Waals surface area contributed by atoms with E-state index in [4.69, 9.17) is 0 Å². The van der Waals surface area contributed by atoms with Gasteiger partial charge in [0.1, 0.15) is 0 Å². The minimum Gasteiger partial charge on any atom is -0.390 e. The lowest BCUT2D eigenvalue weighted by Gasteiger charge is -2.23. The minimum atomic E-state index is -0.439. The molecule has 0 amide bonds. The number of aliphatic hydroxyl groups is 1. The van der Waals surface area contributed by atoms with Gasteiger partial charge in [0.2, 0.25) is 0 Å². The predicted molar refractivity (Wildman–Crippen MR) is 47.4 cm³/mol. The van der Waals surface area contributed by atoms with Gasteiger partial charge < -0.3 is 5.11 Å². The van der Waals surface area contributed by atoms with E-state index in [0.29, 0.717) is 5.41 Å². The average molecular weight is 154 g/mol. The normalized spacial score (nSPS) is 35.5. The van der Waals surface area contributed by atoms with Crippen molar-refractivity contribution in [2.24, 2.45) is 5.41 Å². The van der Waals surface area contributed by atoms with E-state index in [1.165, 1.54) is 0 Å². The van der Waals surface area contributed by atoms with E-state index in [0.717, 1.165) is 25.7 Å². The Kier molecular flexibility index (Phi) is 2.10.